The van der Waals surface area contributed by atoms with E-state index in [1.165, 1.54) is 5.69 Å². The van der Waals surface area contributed by atoms with Crippen molar-refractivity contribution in [2.45, 2.75) is 38.8 Å². The molecule has 1 N–H and O–H groups in total. The van der Waals surface area contributed by atoms with Crippen LogP contribution in [0.1, 0.15) is 43.5 Å². The number of carbonyl (C=O) groups is 1. The molecule has 0 saturated carbocycles. The summed E-state index contributed by atoms with van der Waals surface area (Å²) in [6.07, 6.45) is 4.66. The van der Waals surface area contributed by atoms with E-state index in [0.29, 0.717) is 12.3 Å². The third-order valence-corrected chi connectivity index (χ3v) is 5.17. The minimum Gasteiger partial charge on any atom is -0.350 e. The largest absolute Gasteiger partial charge is 0.350 e. The first kappa shape index (κ1) is 17.7. The lowest BCUT2D eigenvalue weighted by Crippen LogP contribution is -2.36. The van der Waals surface area contributed by atoms with Gasteiger partial charge in [0, 0.05) is 26.2 Å². The van der Waals surface area contributed by atoms with E-state index in [1.54, 1.807) is 0 Å². The van der Waals surface area contributed by atoms with E-state index in [1.807, 2.05) is 43.0 Å². The van der Waals surface area contributed by atoms with Gasteiger partial charge in [-0.15, -0.1) is 0 Å². The molecular formula is C20H28N4O. The molecule has 0 unspecified atom stereocenters. The van der Waals surface area contributed by atoms with Crippen LogP contribution in [0.2, 0.25) is 0 Å². The van der Waals surface area contributed by atoms with Gasteiger partial charge in [-0.3, -0.25) is 14.4 Å². The van der Waals surface area contributed by atoms with E-state index < -0.39 is 0 Å². The third kappa shape index (κ3) is 4.92. The number of nitrogens with zero attached hydrogens (tertiary/aromatic N) is 3. The number of aromatic nitrogens is 2. The van der Waals surface area contributed by atoms with E-state index in [9.17, 15) is 4.79 Å². The van der Waals surface area contributed by atoms with Crippen molar-refractivity contribution in [3.63, 3.8) is 0 Å². The highest BCUT2D eigenvalue weighted by Gasteiger charge is 2.22. The third-order valence-electron chi connectivity index (χ3n) is 5.17. The maximum atomic E-state index is 12.3. The van der Waals surface area contributed by atoms with Crippen molar-refractivity contribution in [2.75, 3.05) is 13.1 Å². The summed E-state index contributed by atoms with van der Waals surface area (Å²) in [4.78, 5) is 14.8. The molecule has 25 heavy (non-hydrogen) atoms. The molecule has 5 heteroatoms. The number of rotatable bonds is 6. The molecule has 1 saturated heterocycles. The van der Waals surface area contributed by atoms with Crippen LogP contribution in [0.5, 0.6) is 0 Å². The lowest BCUT2D eigenvalue weighted by atomic mass is 9.93. The number of likely N-dealkylation sites (tertiary alicyclic amines) is 1. The SMILES string of the molecule is C[C@H](NC(=O)CC1CCN(Cc2ccnn2C)CC1)c1ccccc1. The fourth-order valence-corrected chi connectivity index (χ4v) is 3.52. The van der Waals surface area contributed by atoms with Crippen molar-refractivity contribution in [1.82, 2.24) is 20.0 Å². The number of benzene rings is 1. The second-order valence-electron chi connectivity index (χ2n) is 7.07. The van der Waals surface area contributed by atoms with Gasteiger partial charge in [0.2, 0.25) is 5.91 Å². The average molecular weight is 340 g/mol. The molecule has 134 valence electrons. The Labute approximate surface area is 150 Å². The highest BCUT2D eigenvalue weighted by Crippen LogP contribution is 2.22. The highest BCUT2D eigenvalue weighted by molar-refractivity contribution is 5.76. The van der Waals surface area contributed by atoms with Crippen LogP contribution < -0.4 is 5.32 Å². The van der Waals surface area contributed by atoms with Crippen LogP contribution in [0, 0.1) is 5.92 Å². The summed E-state index contributed by atoms with van der Waals surface area (Å²) in [5.74, 6) is 0.659. The Morgan fingerprint density at radius 3 is 2.60 bits per heavy atom. The molecule has 3 rings (SSSR count). The van der Waals surface area contributed by atoms with Gasteiger partial charge in [0.25, 0.3) is 0 Å². The van der Waals surface area contributed by atoms with E-state index in [2.05, 4.69) is 33.5 Å². The number of amides is 1. The molecule has 1 fully saturated rings. The molecule has 0 spiro atoms. The monoisotopic (exact) mass is 340 g/mol. The summed E-state index contributed by atoms with van der Waals surface area (Å²) >= 11 is 0. The summed E-state index contributed by atoms with van der Waals surface area (Å²) in [5.41, 5.74) is 2.40. The molecule has 2 aromatic rings. The maximum absolute atomic E-state index is 12.3. The number of aryl methyl sites for hydroxylation is 1. The Bertz CT molecular complexity index is 674. The Hall–Kier alpha value is -2.14. The molecule has 0 radical (unpaired) electrons. The zero-order valence-corrected chi connectivity index (χ0v) is 15.2. The first-order valence-electron chi connectivity index (χ1n) is 9.15. The van der Waals surface area contributed by atoms with Gasteiger partial charge in [-0.1, -0.05) is 30.3 Å². The maximum Gasteiger partial charge on any atom is 0.220 e. The summed E-state index contributed by atoms with van der Waals surface area (Å²) in [6.45, 7) is 5.10. The first-order chi connectivity index (χ1) is 12.1. The molecule has 1 atom stereocenters. The smallest absolute Gasteiger partial charge is 0.220 e. The van der Waals surface area contributed by atoms with Gasteiger partial charge < -0.3 is 5.32 Å². The Morgan fingerprint density at radius 2 is 1.96 bits per heavy atom. The van der Waals surface area contributed by atoms with Crippen molar-refractivity contribution >= 4 is 5.91 Å². The number of nitrogens with one attached hydrogen (secondary N) is 1. The second-order valence-corrected chi connectivity index (χ2v) is 7.07. The van der Waals surface area contributed by atoms with E-state index in [0.717, 1.165) is 38.0 Å². The number of hydrogen-bond acceptors (Lipinski definition) is 3. The van der Waals surface area contributed by atoms with Crippen molar-refractivity contribution in [2.24, 2.45) is 13.0 Å². The van der Waals surface area contributed by atoms with Crippen LogP contribution in [0.25, 0.3) is 0 Å². The predicted octanol–water partition coefficient (Wildman–Crippen LogP) is 2.90. The minimum absolute atomic E-state index is 0.0682. The van der Waals surface area contributed by atoms with E-state index in [-0.39, 0.29) is 11.9 Å². The van der Waals surface area contributed by atoms with Crippen molar-refractivity contribution in [3.05, 3.63) is 53.9 Å². The standard InChI is InChI=1S/C20H28N4O/c1-16(18-6-4-3-5-7-18)22-20(25)14-17-9-12-24(13-10-17)15-19-8-11-21-23(19)2/h3-8,11,16-17H,9-10,12-15H2,1-2H3,(H,22,25)/t16-/m0/s1. The van der Waals surface area contributed by atoms with Gasteiger partial charge in [-0.05, 0) is 50.4 Å². The van der Waals surface area contributed by atoms with Gasteiger partial charge in [0.1, 0.15) is 0 Å². The van der Waals surface area contributed by atoms with E-state index >= 15 is 0 Å². The molecule has 2 heterocycles. The molecule has 1 aliphatic heterocycles. The molecular weight excluding hydrogens is 312 g/mol. The van der Waals surface area contributed by atoms with Gasteiger partial charge in [0.15, 0.2) is 0 Å². The van der Waals surface area contributed by atoms with Crippen LogP contribution in [0.15, 0.2) is 42.6 Å². The van der Waals surface area contributed by atoms with Crippen LogP contribution in [0.3, 0.4) is 0 Å². The Morgan fingerprint density at radius 1 is 1.24 bits per heavy atom. The molecule has 1 aromatic heterocycles. The van der Waals surface area contributed by atoms with Crippen molar-refractivity contribution in [3.8, 4) is 0 Å². The zero-order valence-electron chi connectivity index (χ0n) is 15.2. The number of carbonyl (C=O) groups excluding carboxylic acids is 1. The molecule has 0 bridgehead atoms. The molecule has 5 nitrogen and oxygen atoms in total. The lowest BCUT2D eigenvalue weighted by molar-refractivity contribution is -0.123. The molecule has 1 amide bonds. The summed E-state index contributed by atoms with van der Waals surface area (Å²) in [7, 11) is 1.99. The Kier molecular flexibility index (Phi) is 5.87. The fraction of sp³-hybridized carbons (Fsp3) is 0.500. The summed E-state index contributed by atoms with van der Waals surface area (Å²) in [6, 6.07) is 12.3. The number of piperidine rings is 1. The average Bonchev–Trinajstić information content (AvgIpc) is 3.02. The van der Waals surface area contributed by atoms with Gasteiger partial charge in [0.05, 0.1) is 11.7 Å². The van der Waals surface area contributed by atoms with Crippen LogP contribution in [-0.4, -0.2) is 33.7 Å². The minimum atomic E-state index is 0.0682. The van der Waals surface area contributed by atoms with Crippen molar-refractivity contribution in [1.29, 1.82) is 0 Å². The van der Waals surface area contributed by atoms with Gasteiger partial charge in [-0.2, -0.15) is 5.10 Å². The molecule has 0 aliphatic carbocycles. The highest BCUT2D eigenvalue weighted by atomic mass is 16.1. The quantitative estimate of drug-likeness (QED) is 0.880. The van der Waals surface area contributed by atoms with Gasteiger partial charge >= 0.3 is 0 Å². The topological polar surface area (TPSA) is 50.2 Å². The fourth-order valence-electron chi connectivity index (χ4n) is 3.52. The zero-order chi connectivity index (χ0) is 17.6. The predicted molar refractivity (Wildman–Crippen MR) is 98.8 cm³/mol. The Balaban J connectivity index is 1.41. The lowest BCUT2D eigenvalue weighted by Gasteiger charge is -2.31. The van der Waals surface area contributed by atoms with Gasteiger partial charge in [-0.25, -0.2) is 0 Å². The normalized spacial score (nSPS) is 17.4. The van der Waals surface area contributed by atoms with Crippen LogP contribution in [0.4, 0.5) is 0 Å². The van der Waals surface area contributed by atoms with E-state index in [4.69, 9.17) is 0 Å². The van der Waals surface area contributed by atoms with Crippen LogP contribution in [-0.2, 0) is 18.4 Å². The summed E-state index contributed by atoms with van der Waals surface area (Å²) in [5, 5.41) is 7.36. The van der Waals surface area contributed by atoms with Crippen LogP contribution >= 0.6 is 0 Å². The molecule has 1 aromatic carbocycles. The second kappa shape index (κ2) is 8.30. The number of hydrogen-bond donors (Lipinski definition) is 1. The van der Waals surface area contributed by atoms with Crippen molar-refractivity contribution < 1.29 is 4.79 Å². The molecule has 1 aliphatic rings. The summed E-state index contributed by atoms with van der Waals surface area (Å²) < 4.78 is 1.94. The first-order valence-corrected chi connectivity index (χ1v) is 9.15.